The second-order valence-electron chi connectivity index (χ2n) is 3.76. The average molecular weight is 240 g/mol. The molecule has 0 saturated heterocycles. The maximum Gasteiger partial charge on any atom is 0.322 e. The Labute approximate surface area is 102 Å². The van der Waals surface area contributed by atoms with Gasteiger partial charge < -0.3 is 14.8 Å². The lowest BCUT2D eigenvalue weighted by atomic mass is 9.97. The van der Waals surface area contributed by atoms with Gasteiger partial charge in [-0.25, -0.2) is 0 Å². The zero-order chi connectivity index (χ0) is 12.8. The zero-order valence-corrected chi connectivity index (χ0v) is 11.0. The number of ether oxygens (including phenoxy) is 2. The summed E-state index contributed by atoms with van der Waals surface area (Å²) in [6, 6.07) is 0.846. The van der Waals surface area contributed by atoms with Crippen molar-refractivity contribution in [3.8, 4) is 12.0 Å². The van der Waals surface area contributed by atoms with Gasteiger partial charge in [-0.3, -0.25) is 0 Å². The number of methoxy groups -OCH3 is 2. The molecule has 1 aromatic rings. The Kier molecular flexibility index (Phi) is 5.09. The van der Waals surface area contributed by atoms with Gasteiger partial charge in [0.15, 0.2) is 0 Å². The average Bonchev–Trinajstić information content (AvgIpc) is 2.38. The van der Waals surface area contributed by atoms with Crippen LogP contribution < -0.4 is 14.8 Å². The standard InChI is InChI=1S/C11H20N4O2/c1-6-8(7(2)12-3)9-13-10(16-4)15-11(14-9)17-5/h7-8,12H,6H2,1-5H3. The normalized spacial score (nSPS) is 14.2. The summed E-state index contributed by atoms with van der Waals surface area (Å²) < 4.78 is 10.1. The molecular weight excluding hydrogens is 220 g/mol. The molecular formula is C11H20N4O2. The van der Waals surface area contributed by atoms with E-state index >= 15 is 0 Å². The van der Waals surface area contributed by atoms with Crippen molar-refractivity contribution >= 4 is 0 Å². The third-order valence-electron chi connectivity index (χ3n) is 2.81. The number of aromatic nitrogens is 3. The molecule has 0 fully saturated rings. The summed E-state index contributed by atoms with van der Waals surface area (Å²) in [5.41, 5.74) is 0. The number of hydrogen-bond donors (Lipinski definition) is 1. The molecule has 0 aliphatic rings. The van der Waals surface area contributed by atoms with Crippen LogP contribution in [0.1, 0.15) is 32.0 Å². The largest absolute Gasteiger partial charge is 0.467 e. The monoisotopic (exact) mass is 240 g/mol. The van der Waals surface area contributed by atoms with Gasteiger partial charge in [0.25, 0.3) is 0 Å². The van der Waals surface area contributed by atoms with E-state index in [1.165, 1.54) is 14.2 Å². The van der Waals surface area contributed by atoms with E-state index in [1.54, 1.807) is 0 Å². The Morgan fingerprint density at radius 1 is 1.12 bits per heavy atom. The number of likely N-dealkylation sites (N-methyl/N-ethyl adjacent to an activating group) is 1. The molecule has 0 radical (unpaired) electrons. The minimum atomic E-state index is 0.200. The molecule has 1 aromatic heterocycles. The zero-order valence-electron chi connectivity index (χ0n) is 11.0. The number of rotatable bonds is 6. The fraction of sp³-hybridized carbons (Fsp3) is 0.727. The van der Waals surface area contributed by atoms with Crippen molar-refractivity contribution in [3.05, 3.63) is 5.82 Å². The third kappa shape index (κ3) is 3.26. The molecule has 0 saturated carbocycles. The Morgan fingerprint density at radius 3 is 2.00 bits per heavy atom. The number of hydrogen-bond acceptors (Lipinski definition) is 6. The van der Waals surface area contributed by atoms with E-state index < -0.39 is 0 Å². The lowest BCUT2D eigenvalue weighted by Gasteiger charge is -2.20. The van der Waals surface area contributed by atoms with Crippen LogP contribution in [0.2, 0.25) is 0 Å². The topological polar surface area (TPSA) is 69.2 Å². The Morgan fingerprint density at radius 2 is 1.65 bits per heavy atom. The van der Waals surface area contributed by atoms with E-state index in [0.717, 1.165) is 6.42 Å². The first-order chi connectivity index (χ1) is 8.15. The molecule has 0 aromatic carbocycles. The van der Waals surface area contributed by atoms with Crippen molar-refractivity contribution < 1.29 is 9.47 Å². The molecule has 0 bridgehead atoms. The maximum atomic E-state index is 5.04. The molecule has 2 atom stereocenters. The van der Waals surface area contributed by atoms with Gasteiger partial charge in [-0.15, -0.1) is 4.98 Å². The fourth-order valence-electron chi connectivity index (χ4n) is 1.66. The minimum absolute atomic E-state index is 0.200. The summed E-state index contributed by atoms with van der Waals surface area (Å²) >= 11 is 0. The highest BCUT2D eigenvalue weighted by Crippen LogP contribution is 2.22. The summed E-state index contributed by atoms with van der Waals surface area (Å²) in [6.45, 7) is 4.19. The highest BCUT2D eigenvalue weighted by atomic mass is 16.5. The molecule has 0 aliphatic heterocycles. The molecule has 0 aliphatic carbocycles. The molecule has 1 rings (SSSR count). The molecule has 96 valence electrons. The van der Waals surface area contributed by atoms with Crippen LogP contribution in [0.15, 0.2) is 0 Å². The molecule has 1 heterocycles. The second kappa shape index (κ2) is 6.34. The lowest BCUT2D eigenvalue weighted by Crippen LogP contribution is -2.30. The molecule has 6 nitrogen and oxygen atoms in total. The molecule has 0 amide bonds. The van der Waals surface area contributed by atoms with Crippen molar-refractivity contribution in [1.29, 1.82) is 0 Å². The first-order valence-electron chi connectivity index (χ1n) is 5.67. The second-order valence-corrected chi connectivity index (χ2v) is 3.76. The van der Waals surface area contributed by atoms with Crippen molar-refractivity contribution in [2.45, 2.75) is 32.2 Å². The highest BCUT2D eigenvalue weighted by Gasteiger charge is 2.21. The summed E-state index contributed by atoms with van der Waals surface area (Å²) in [6.07, 6.45) is 0.929. The first-order valence-corrected chi connectivity index (χ1v) is 5.67. The minimum Gasteiger partial charge on any atom is -0.467 e. The summed E-state index contributed by atoms with van der Waals surface area (Å²) in [5, 5.41) is 3.21. The van der Waals surface area contributed by atoms with Crippen LogP contribution in [-0.4, -0.2) is 42.3 Å². The van der Waals surface area contributed by atoms with Crippen LogP contribution in [-0.2, 0) is 0 Å². The van der Waals surface area contributed by atoms with Crippen LogP contribution >= 0.6 is 0 Å². The van der Waals surface area contributed by atoms with E-state index in [-0.39, 0.29) is 24.0 Å². The van der Waals surface area contributed by atoms with Gasteiger partial charge in [-0.2, -0.15) is 9.97 Å². The van der Waals surface area contributed by atoms with E-state index in [9.17, 15) is 0 Å². The molecule has 2 unspecified atom stereocenters. The summed E-state index contributed by atoms with van der Waals surface area (Å²) in [7, 11) is 4.98. The Balaban J connectivity index is 3.09. The van der Waals surface area contributed by atoms with Crippen LogP contribution in [0.25, 0.3) is 0 Å². The van der Waals surface area contributed by atoms with Gasteiger partial charge in [0.05, 0.1) is 14.2 Å². The van der Waals surface area contributed by atoms with Crippen molar-refractivity contribution in [1.82, 2.24) is 20.3 Å². The van der Waals surface area contributed by atoms with Crippen LogP contribution in [0.4, 0.5) is 0 Å². The highest BCUT2D eigenvalue weighted by molar-refractivity contribution is 5.10. The van der Waals surface area contributed by atoms with Gasteiger partial charge in [0, 0.05) is 12.0 Å². The van der Waals surface area contributed by atoms with Crippen molar-refractivity contribution in [2.75, 3.05) is 21.3 Å². The Hall–Kier alpha value is -1.43. The molecule has 0 spiro atoms. The SMILES string of the molecule is CCC(c1nc(OC)nc(OC)n1)C(C)NC. The van der Waals surface area contributed by atoms with E-state index in [1.807, 2.05) is 7.05 Å². The lowest BCUT2D eigenvalue weighted by molar-refractivity contribution is 0.329. The quantitative estimate of drug-likeness (QED) is 0.799. The molecule has 6 heteroatoms. The van der Waals surface area contributed by atoms with E-state index in [0.29, 0.717) is 5.82 Å². The first kappa shape index (κ1) is 13.6. The predicted octanol–water partition coefficient (Wildman–Crippen LogP) is 0.990. The van der Waals surface area contributed by atoms with Crippen LogP contribution in [0.3, 0.4) is 0 Å². The fourth-order valence-corrected chi connectivity index (χ4v) is 1.66. The van der Waals surface area contributed by atoms with E-state index in [2.05, 4.69) is 34.1 Å². The van der Waals surface area contributed by atoms with Crippen LogP contribution in [0.5, 0.6) is 12.0 Å². The number of nitrogens with one attached hydrogen (secondary N) is 1. The smallest absolute Gasteiger partial charge is 0.322 e. The number of nitrogens with zero attached hydrogens (tertiary/aromatic N) is 3. The van der Waals surface area contributed by atoms with Crippen molar-refractivity contribution in [2.24, 2.45) is 0 Å². The van der Waals surface area contributed by atoms with Crippen LogP contribution in [0, 0.1) is 0 Å². The molecule has 17 heavy (non-hydrogen) atoms. The maximum absolute atomic E-state index is 5.04. The van der Waals surface area contributed by atoms with Gasteiger partial charge in [0.2, 0.25) is 0 Å². The third-order valence-corrected chi connectivity index (χ3v) is 2.81. The van der Waals surface area contributed by atoms with Gasteiger partial charge >= 0.3 is 12.0 Å². The van der Waals surface area contributed by atoms with Gasteiger partial charge in [-0.05, 0) is 20.4 Å². The summed E-state index contributed by atoms with van der Waals surface area (Å²) in [5.74, 6) is 0.892. The summed E-state index contributed by atoms with van der Waals surface area (Å²) in [4.78, 5) is 12.5. The Bertz CT molecular complexity index is 337. The molecule has 1 N–H and O–H groups in total. The van der Waals surface area contributed by atoms with Gasteiger partial charge in [-0.1, -0.05) is 6.92 Å². The predicted molar refractivity (Wildman–Crippen MR) is 64.5 cm³/mol. The van der Waals surface area contributed by atoms with E-state index in [4.69, 9.17) is 9.47 Å². The van der Waals surface area contributed by atoms with Crippen molar-refractivity contribution in [3.63, 3.8) is 0 Å². The van der Waals surface area contributed by atoms with Gasteiger partial charge in [0.1, 0.15) is 5.82 Å².